The van der Waals surface area contributed by atoms with E-state index in [1.807, 2.05) is 46.8 Å². The minimum absolute atomic E-state index is 0.000245. The van der Waals surface area contributed by atoms with Crippen LogP contribution in [0.5, 0.6) is 0 Å². The van der Waals surface area contributed by atoms with Gasteiger partial charge in [-0.2, -0.15) is 0 Å². The average Bonchev–Trinajstić information content (AvgIpc) is 3.30. The Balaban J connectivity index is 2.13. The first-order chi connectivity index (χ1) is 12.7. The zero-order chi connectivity index (χ0) is 20.0. The second-order valence-corrected chi connectivity index (χ2v) is 8.43. The summed E-state index contributed by atoms with van der Waals surface area (Å²) in [7, 11) is 0. The number of carbonyl (C=O) groups excluding carboxylic acids is 2. The van der Waals surface area contributed by atoms with Crippen molar-refractivity contribution < 1.29 is 18.7 Å². The van der Waals surface area contributed by atoms with Crippen molar-refractivity contribution in [1.82, 2.24) is 9.80 Å². The predicted octanol–water partition coefficient (Wildman–Crippen LogP) is 3.46. The van der Waals surface area contributed by atoms with E-state index >= 15 is 0 Å². The summed E-state index contributed by atoms with van der Waals surface area (Å²) in [5.41, 5.74) is -0.524. The lowest BCUT2D eigenvalue weighted by atomic mass is 9.93. The summed E-state index contributed by atoms with van der Waals surface area (Å²) < 4.78 is 11.2. The molecule has 0 bridgehead atoms. The summed E-state index contributed by atoms with van der Waals surface area (Å²) in [5, 5.41) is 0. The maximum absolute atomic E-state index is 13.2. The monoisotopic (exact) mass is 378 g/mol. The first kappa shape index (κ1) is 21.5. The Labute approximate surface area is 162 Å². The molecule has 1 aromatic rings. The molecule has 1 aliphatic rings. The Kier molecular flexibility index (Phi) is 7.48. The van der Waals surface area contributed by atoms with Crippen molar-refractivity contribution in [2.75, 3.05) is 19.7 Å². The molecule has 2 atom stereocenters. The van der Waals surface area contributed by atoms with Crippen molar-refractivity contribution in [3.05, 3.63) is 24.2 Å². The molecule has 6 heteroatoms. The molecule has 0 aliphatic carbocycles. The Hall–Kier alpha value is -1.82. The van der Waals surface area contributed by atoms with Crippen molar-refractivity contribution in [1.29, 1.82) is 0 Å². The fourth-order valence-electron chi connectivity index (χ4n) is 3.20. The van der Waals surface area contributed by atoms with Gasteiger partial charge in [0, 0.05) is 24.6 Å². The van der Waals surface area contributed by atoms with Gasteiger partial charge in [-0.05, 0) is 38.3 Å². The third-order valence-electron chi connectivity index (χ3n) is 5.06. The van der Waals surface area contributed by atoms with Crippen molar-refractivity contribution in [3.8, 4) is 0 Å². The first-order valence-corrected chi connectivity index (χ1v) is 9.95. The number of hydrogen-bond acceptors (Lipinski definition) is 4. The Bertz CT molecular complexity index is 600. The van der Waals surface area contributed by atoms with E-state index < -0.39 is 5.41 Å². The zero-order valence-corrected chi connectivity index (χ0v) is 17.4. The summed E-state index contributed by atoms with van der Waals surface area (Å²) >= 11 is 0. The molecule has 152 valence electrons. The van der Waals surface area contributed by atoms with Crippen molar-refractivity contribution in [2.24, 2.45) is 5.41 Å². The quantitative estimate of drug-likeness (QED) is 0.695. The standard InChI is InChI=1S/C21H34N2O4/c1-6-16(2)23(20(25)21(3,4)5)15-19(24)22(13-17-9-7-11-26-17)14-18-10-8-12-27-18/h7,9,11,16,18H,6,8,10,12-15H2,1-5H3/t16-,18+/m1/s1. The Morgan fingerprint density at radius 2 is 2.07 bits per heavy atom. The number of amides is 2. The van der Waals surface area contributed by atoms with E-state index in [1.54, 1.807) is 16.1 Å². The van der Waals surface area contributed by atoms with E-state index in [1.165, 1.54) is 0 Å². The van der Waals surface area contributed by atoms with E-state index in [-0.39, 0.29) is 30.5 Å². The van der Waals surface area contributed by atoms with Gasteiger partial charge in [0.2, 0.25) is 11.8 Å². The van der Waals surface area contributed by atoms with Gasteiger partial charge in [0.1, 0.15) is 12.3 Å². The number of carbonyl (C=O) groups is 2. The van der Waals surface area contributed by atoms with Crippen LogP contribution in [0.25, 0.3) is 0 Å². The molecule has 1 aliphatic heterocycles. The highest BCUT2D eigenvalue weighted by molar-refractivity contribution is 5.87. The lowest BCUT2D eigenvalue weighted by Crippen LogP contribution is -2.50. The average molecular weight is 379 g/mol. The van der Waals surface area contributed by atoms with Crippen LogP contribution in [0.3, 0.4) is 0 Å². The van der Waals surface area contributed by atoms with Gasteiger partial charge in [-0.1, -0.05) is 27.7 Å². The lowest BCUT2D eigenvalue weighted by Gasteiger charge is -2.35. The SMILES string of the molecule is CC[C@@H](C)N(CC(=O)N(Cc1ccco1)C[C@@H]1CCCO1)C(=O)C(C)(C)C. The maximum Gasteiger partial charge on any atom is 0.242 e. The number of ether oxygens (including phenoxy) is 1. The molecular weight excluding hydrogens is 344 g/mol. The van der Waals surface area contributed by atoms with E-state index in [4.69, 9.17) is 9.15 Å². The minimum atomic E-state index is -0.524. The van der Waals surface area contributed by atoms with Crippen molar-refractivity contribution in [3.63, 3.8) is 0 Å². The van der Waals surface area contributed by atoms with Gasteiger partial charge in [-0.3, -0.25) is 9.59 Å². The molecule has 0 radical (unpaired) electrons. The van der Waals surface area contributed by atoms with Crippen LogP contribution in [0.15, 0.2) is 22.8 Å². The smallest absolute Gasteiger partial charge is 0.242 e. The molecule has 6 nitrogen and oxygen atoms in total. The second kappa shape index (κ2) is 9.40. The summed E-state index contributed by atoms with van der Waals surface area (Å²) in [5.74, 6) is 0.665. The van der Waals surface area contributed by atoms with Gasteiger partial charge in [0.15, 0.2) is 0 Å². The number of furan rings is 1. The van der Waals surface area contributed by atoms with Crippen LogP contribution in [0, 0.1) is 5.41 Å². The normalized spacial score (nSPS) is 18.3. The molecule has 0 saturated carbocycles. The third kappa shape index (κ3) is 6.09. The van der Waals surface area contributed by atoms with Crippen LogP contribution >= 0.6 is 0 Å². The summed E-state index contributed by atoms with van der Waals surface area (Å²) in [6.07, 6.45) is 4.45. The summed E-state index contributed by atoms with van der Waals surface area (Å²) in [4.78, 5) is 29.5. The van der Waals surface area contributed by atoms with E-state index in [0.29, 0.717) is 13.1 Å². The van der Waals surface area contributed by atoms with E-state index in [9.17, 15) is 9.59 Å². The topological polar surface area (TPSA) is 63.0 Å². The zero-order valence-electron chi connectivity index (χ0n) is 17.4. The molecular formula is C21H34N2O4. The highest BCUT2D eigenvalue weighted by atomic mass is 16.5. The Morgan fingerprint density at radius 3 is 2.59 bits per heavy atom. The molecule has 0 unspecified atom stereocenters. The third-order valence-corrected chi connectivity index (χ3v) is 5.06. The largest absolute Gasteiger partial charge is 0.467 e. The van der Waals surface area contributed by atoms with Gasteiger partial charge in [-0.25, -0.2) is 0 Å². The van der Waals surface area contributed by atoms with Gasteiger partial charge >= 0.3 is 0 Å². The van der Waals surface area contributed by atoms with Crippen LogP contribution in [-0.4, -0.2) is 53.5 Å². The van der Waals surface area contributed by atoms with Crippen LogP contribution in [-0.2, 0) is 20.9 Å². The Morgan fingerprint density at radius 1 is 1.33 bits per heavy atom. The van der Waals surface area contributed by atoms with Crippen LogP contribution in [0.1, 0.15) is 59.6 Å². The highest BCUT2D eigenvalue weighted by Crippen LogP contribution is 2.21. The molecule has 0 aromatic carbocycles. The molecule has 2 heterocycles. The summed E-state index contributed by atoms with van der Waals surface area (Å²) in [6, 6.07) is 3.69. The fraction of sp³-hybridized carbons (Fsp3) is 0.714. The molecule has 1 saturated heterocycles. The number of nitrogens with zero attached hydrogens (tertiary/aromatic N) is 2. The number of rotatable bonds is 8. The van der Waals surface area contributed by atoms with Crippen molar-refractivity contribution in [2.45, 2.75) is 72.6 Å². The van der Waals surface area contributed by atoms with Gasteiger partial charge in [-0.15, -0.1) is 0 Å². The molecule has 27 heavy (non-hydrogen) atoms. The second-order valence-electron chi connectivity index (χ2n) is 8.43. The first-order valence-electron chi connectivity index (χ1n) is 9.95. The number of hydrogen-bond donors (Lipinski definition) is 0. The molecule has 1 fully saturated rings. The van der Waals surface area contributed by atoms with E-state index in [0.717, 1.165) is 31.6 Å². The maximum atomic E-state index is 13.2. The molecule has 0 N–H and O–H groups in total. The van der Waals surface area contributed by atoms with E-state index in [2.05, 4.69) is 0 Å². The van der Waals surface area contributed by atoms with Crippen LogP contribution in [0.2, 0.25) is 0 Å². The molecule has 0 spiro atoms. The molecule has 2 amide bonds. The minimum Gasteiger partial charge on any atom is -0.467 e. The molecule has 2 rings (SSSR count). The van der Waals surface area contributed by atoms with Gasteiger partial charge in [0.25, 0.3) is 0 Å². The lowest BCUT2D eigenvalue weighted by molar-refractivity contribution is -0.148. The summed E-state index contributed by atoms with van der Waals surface area (Å²) in [6.45, 7) is 11.4. The van der Waals surface area contributed by atoms with Gasteiger partial charge in [0.05, 0.1) is 18.9 Å². The van der Waals surface area contributed by atoms with Crippen LogP contribution < -0.4 is 0 Å². The van der Waals surface area contributed by atoms with Crippen LogP contribution in [0.4, 0.5) is 0 Å². The van der Waals surface area contributed by atoms with Crippen molar-refractivity contribution >= 4 is 11.8 Å². The molecule has 1 aromatic heterocycles. The fourth-order valence-corrected chi connectivity index (χ4v) is 3.20. The van der Waals surface area contributed by atoms with Gasteiger partial charge < -0.3 is 19.0 Å². The predicted molar refractivity (Wildman–Crippen MR) is 104 cm³/mol. The highest BCUT2D eigenvalue weighted by Gasteiger charge is 2.33.